The Kier molecular flexibility index (Phi) is 4.14. The molecule has 0 amide bonds. The molecule has 2 rings (SSSR count). The number of rotatable bonds is 5. The number of hydrazine groups is 1. The fraction of sp³-hybridized carbons (Fsp3) is 0.400. The van der Waals surface area contributed by atoms with Gasteiger partial charge in [-0.1, -0.05) is 19.1 Å². The molecule has 2 atom stereocenters. The van der Waals surface area contributed by atoms with Crippen LogP contribution in [0.2, 0.25) is 0 Å². The first-order valence-electron chi connectivity index (χ1n) is 6.50. The molecule has 4 heteroatoms. The third-order valence-corrected chi connectivity index (χ3v) is 3.91. The molecule has 0 radical (unpaired) electrons. The summed E-state index contributed by atoms with van der Waals surface area (Å²) in [6, 6.07) is 10.1. The van der Waals surface area contributed by atoms with Gasteiger partial charge >= 0.3 is 0 Å². The number of pyridine rings is 1. The second-order valence-electron chi connectivity index (χ2n) is 4.93. The number of nitrogens with zero attached hydrogens (tertiary/aromatic N) is 1. The van der Waals surface area contributed by atoms with E-state index < -0.39 is 0 Å². The zero-order valence-electron chi connectivity index (χ0n) is 11.7. The second-order valence-corrected chi connectivity index (χ2v) is 4.93. The zero-order chi connectivity index (χ0) is 13.9. The van der Waals surface area contributed by atoms with Gasteiger partial charge in [0.1, 0.15) is 0 Å². The van der Waals surface area contributed by atoms with Crippen molar-refractivity contribution in [2.75, 3.05) is 7.11 Å². The molecule has 2 aromatic rings. The first kappa shape index (κ1) is 13.9. The van der Waals surface area contributed by atoms with Crippen LogP contribution in [0.4, 0.5) is 0 Å². The van der Waals surface area contributed by atoms with Crippen molar-refractivity contribution in [2.45, 2.75) is 31.9 Å². The molecule has 0 aliphatic heterocycles. The van der Waals surface area contributed by atoms with Crippen LogP contribution in [0.5, 0.6) is 0 Å². The van der Waals surface area contributed by atoms with E-state index >= 15 is 0 Å². The van der Waals surface area contributed by atoms with Crippen molar-refractivity contribution in [1.82, 2.24) is 10.4 Å². The van der Waals surface area contributed by atoms with Crippen LogP contribution in [0.3, 0.4) is 0 Å². The Labute approximate surface area is 113 Å². The summed E-state index contributed by atoms with van der Waals surface area (Å²) in [4.78, 5) is 4.33. The lowest BCUT2D eigenvalue weighted by Gasteiger charge is -2.35. The maximum absolute atomic E-state index is 5.74. The highest BCUT2D eigenvalue weighted by molar-refractivity contribution is 5.79. The van der Waals surface area contributed by atoms with Crippen molar-refractivity contribution < 1.29 is 4.74 Å². The summed E-state index contributed by atoms with van der Waals surface area (Å²) in [7, 11) is 1.72. The number of benzene rings is 1. The fourth-order valence-electron chi connectivity index (χ4n) is 2.37. The van der Waals surface area contributed by atoms with Gasteiger partial charge in [0.15, 0.2) is 0 Å². The van der Waals surface area contributed by atoms with E-state index in [1.165, 1.54) is 0 Å². The van der Waals surface area contributed by atoms with Gasteiger partial charge in [0.2, 0.25) is 0 Å². The summed E-state index contributed by atoms with van der Waals surface area (Å²) >= 11 is 0. The maximum atomic E-state index is 5.74. The van der Waals surface area contributed by atoms with Gasteiger partial charge < -0.3 is 4.74 Å². The number of hydrogen-bond donors (Lipinski definition) is 2. The minimum atomic E-state index is -0.343. The molecule has 102 valence electrons. The number of aromatic nitrogens is 1. The molecule has 0 bridgehead atoms. The Balaban J connectivity index is 2.46. The summed E-state index contributed by atoms with van der Waals surface area (Å²) in [5, 5.41) is 1.11. The van der Waals surface area contributed by atoms with Crippen molar-refractivity contribution in [3.8, 4) is 0 Å². The van der Waals surface area contributed by atoms with E-state index in [4.69, 9.17) is 10.6 Å². The van der Waals surface area contributed by atoms with Crippen LogP contribution >= 0.6 is 0 Å². The van der Waals surface area contributed by atoms with Crippen molar-refractivity contribution in [2.24, 2.45) is 5.84 Å². The van der Waals surface area contributed by atoms with Gasteiger partial charge in [0, 0.05) is 18.7 Å². The Bertz CT molecular complexity index is 552. The number of methoxy groups -OCH3 is 1. The third-order valence-electron chi connectivity index (χ3n) is 3.91. The van der Waals surface area contributed by atoms with Crippen LogP contribution in [0, 0.1) is 0 Å². The highest BCUT2D eigenvalue weighted by Crippen LogP contribution is 2.32. The smallest absolute Gasteiger partial charge is 0.0854 e. The fourth-order valence-corrected chi connectivity index (χ4v) is 2.37. The largest absolute Gasteiger partial charge is 0.376 e. The quantitative estimate of drug-likeness (QED) is 0.640. The van der Waals surface area contributed by atoms with Crippen molar-refractivity contribution in [1.29, 1.82) is 0 Å². The van der Waals surface area contributed by atoms with E-state index in [2.05, 4.69) is 36.4 Å². The molecular formula is C15H21N3O. The van der Waals surface area contributed by atoms with Crippen LogP contribution in [0.1, 0.15) is 31.9 Å². The zero-order valence-corrected chi connectivity index (χ0v) is 11.7. The number of nitrogens with two attached hydrogens (primary N) is 1. The summed E-state index contributed by atoms with van der Waals surface area (Å²) in [5.74, 6) is 5.74. The van der Waals surface area contributed by atoms with Gasteiger partial charge in [-0.25, -0.2) is 0 Å². The number of hydrogen-bond acceptors (Lipinski definition) is 4. The van der Waals surface area contributed by atoms with E-state index in [-0.39, 0.29) is 11.6 Å². The summed E-state index contributed by atoms with van der Waals surface area (Å²) in [6.45, 7) is 4.15. The molecule has 0 saturated carbocycles. The average molecular weight is 259 g/mol. The van der Waals surface area contributed by atoms with Crippen LogP contribution < -0.4 is 11.3 Å². The van der Waals surface area contributed by atoms with Gasteiger partial charge in [-0.3, -0.25) is 16.3 Å². The van der Waals surface area contributed by atoms with E-state index in [0.717, 1.165) is 22.9 Å². The Morgan fingerprint density at radius 1 is 1.42 bits per heavy atom. The van der Waals surface area contributed by atoms with Crippen LogP contribution in [0.25, 0.3) is 10.9 Å². The molecule has 0 saturated heterocycles. The minimum Gasteiger partial charge on any atom is -0.376 e. The van der Waals surface area contributed by atoms with E-state index in [9.17, 15) is 0 Å². The minimum absolute atomic E-state index is 0.0629. The molecule has 2 unspecified atom stereocenters. The molecule has 0 fully saturated rings. The first-order valence-corrected chi connectivity index (χ1v) is 6.50. The molecular weight excluding hydrogens is 238 g/mol. The van der Waals surface area contributed by atoms with Crippen LogP contribution in [-0.4, -0.2) is 17.7 Å². The molecule has 1 aromatic carbocycles. The Morgan fingerprint density at radius 3 is 2.84 bits per heavy atom. The average Bonchev–Trinajstić information content (AvgIpc) is 2.47. The Morgan fingerprint density at radius 2 is 2.21 bits per heavy atom. The third kappa shape index (κ3) is 2.61. The lowest BCUT2D eigenvalue weighted by atomic mass is 9.87. The predicted octanol–water partition coefficient (Wildman–Crippen LogP) is 2.55. The van der Waals surface area contributed by atoms with Crippen molar-refractivity contribution in [3.05, 3.63) is 42.1 Å². The monoisotopic (exact) mass is 259 g/mol. The number of ether oxygens (including phenoxy) is 1. The van der Waals surface area contributed by atoms with Crippen LogP contribution in [-0.2, 0) is 4.74 Å². The molecule has 0 aliphatic rings. The van der Waals surface area contributed by atoms with Crippen molar-refractivity contribution in [3.63, 3.8) is 0 Å². The van der Waals surface area contributed by atoms with Crippen LogP contribution in [0.15, 0.2) is 36.5 Å². The SMILES string of the molecule is CCC(C)(OC)C(NN)c1ccc2ncccc2c1. The van der Waals surface area contributed by atoms with Crippen molar-refractivity contribution >= 4 is 10.9 Å². The maximum Gasteiger partial charge on any atom is 0.0854 e. The molecule has 1 heterocycles. The molecule has 3 N–H and O–H groups in total. The summed E-state index contributed by atoms with van der Waals surface area (Å²) in [6.07, 6.45) is 2.66. The molecule has 19 heavy (non-hydrogen) atoms. The molecule has 0 aliphatic carbocycles. The van der Waals surface area contributed by atoms with Gasteiger partial charge in [-0.15, -0.1) is 0 Å². The first-order chi connectivity index (χ1) is 9.14. The van der Waals surface area contributed by atoms with Gasteiger partial charge in [0.05, 0.1) is 17.2 Å². The highest BCUT2D eigenvalue weighted by atomic mass is 16.5. The lowest BCUT2D eigenvalue weighted by Crippen LogP contribution is -2.45. The molecule has 0 spiro atoms. The van der Waals surface area contributed by atoms with E-state index in [0.29, 0.717) is 0 Å². The van der Waals surface area contributed by atoms with Gasteiger partial charge in [-0.2, -0.15) is 0 Å². The number of fused-ring (bicyclic) bond motifs is 1. The normalized spacial score (nSPS) is 16.2. The van der Waals surface area contributed by atoms with Gasteiger partial charge in [-0.05, 0) is 37.1 Å². The molecule has 1 aromatic heterocycles. The topological polar surface area (TPSA) is 60.2 Å². The number of nitrogens with one attached hydrogen (secondary N) is 1. The second kappa shape index (κ2) is 5.65. The Hall–Kier alpha value is -1.49. The highest BCUT2D eigenvalue weighted by Gasteiger charge is 2.33. The van der Waals surface area contributed by atoms with E-state index in [1.54, 1.807) is 13.3 Å². The lowest BCUT2D eigenvalue weighted by molar-refractivity contribution is -0.0300. The van der Waals surface area contributed by atoms with E-state index in [1.807, 2.05) is 18.2 Å². The summed E-state index contributed by atoms with van der Waals surface area (Å²) in [5.41, 5.74) is 4.63. The predicted molar refractivity (Wildman–Crippen MR) is 77.5 cm³/mol. The molecule has 4 nitrogen and oxygen atoms in total. The van der Waals surface area contributed by atoms with Gasteiger partial charge in [0.25, 0.3) is 0 Å². The summed E-state index contributed by atoms with van der Waals surface area (Å²) < 4.78 is 5.65. The standard InChI is InChI=1S/C15H21N3O/c1-4-15(2,19-3)14(18-16)12-7-8-13-11(10-12)6-5-9-17-13/h5-10,14,18H,4,16H2,1-3H3.